The molecule has 3 rings (SSSR count). The summed E-state index contributed by atoms with van der Waals surface area (Å²) in [5, 5.41) is 14.8. The van der Waals surface area contributed by atoms with Crippen LogP contribution in [0.1, 0.15) is 57.2 Å². The second-order valence-corrected chi connectivity index (χ2v) is 7.47. The molecule has 1 heterocycles. The first-order valence-electron chi connectivity index (χ1n) is 7.43. The molecule has 19 heavy (non-hydrogen) atoms. The first-order valence-corrected chi connectivity index (χ1v) is 7.43. The van der Waals surface area contributed by atoms with Gasteiger partial charge in [0.15, 0.2) is 0 Å². The molecule has 2 N–H and O–H groups in total. The van der Waals surface area contributed by atoms with E-state index in [0.717, 1.165) is 19.4 Å². The Bertz CT molecular complexity index is 482. The zero-order chi connectivity index (χ0) is 13.7. The van der Waals surface area contributed by atoms with Crippen LogP contribution in [0.15, 0.2) is 24.3 Å². The van der Waals surface area contributed by atoms with Crippen molar-refractivity contribution in [1.82, 2.24) is 5.32 Å². The Kier molecular flexibility index (Phi) is 2.99. The lowest BCUT2D eigenvalue weighted by Gasteiger charge is -2.47. The third-order valence-corrected chi connectivity index (χ3v) is 4.79. The molecule has 1 saturated carbocycles. The van der Waals surface area contributed by atoms with Gasteiger partial charge in [-0.1, -0.05) is 45.0 Å². The number of fused-ring (bicyclic) bond motifs is 1. The van der Waals surface area contributed by atoms with Crippen molar-refractivity contribution < 1.29 is 5.11 Å². The average molecular weight is 259 g/mol. The van der Waals surface area contributed by atoms with Crippen LogP contribution in [-0.2, 0) is 6.54 Å². The minimum absolute atomic E-state index is 0.103. The predicted octanol–water partition coefficient (Wildman–Crippen LogP) is 3.41. The average Bonchev–Trinajstić information content (AvgIpc) is 2.69. The van der Waals surface area contributed by atoms with E-state index in [1.165, 1.54) is 17.5 Å². The van der Waals surface area contributed by atoms with E-state index in [-0.39, 0.29) is 11.5 Å². The van der Waals surface area contributed by atoms with Crippen LogP contribution in [0.3, 0.4) is 0 Å². The number of nitrogens with one attached hydrogen (secondary N) is 1. The summed E-state index contributed by atoms with van der Waals surface area (Å²) >= 11 is 0. The van der Waals surface area contributed by atoms with Crippen LogP contribution in [0.4, 0.5) is 0 Å². The number of hydrogen-bond acceptors (Lipinski definition) is 2. The van der Waals surface area contributed by atoms with Crippen molar-refractivity contribution in [1.29, 1.82) is 0 Å². The Morgan fingerprint density at radius 1 is 1.21 bits per heavy atom. The maximum atomic E-state index is 11.3. The first-order chi connectivity index (χ1) is 8.90. The summed E-state index contributed by atoms with van der Waals surface area (Å²) in [7, 11) is 0. The SMILES string of the molecule is CC1CC(C)(C)CC(O)(C2NCc3ccccc32)C1. The molecule has 1 aliphatic heterocycles. The molecule has 3 atom stereocenters. The standard InChI is InChI=1S/C17H25NO/c1-12-8-16(2,3)11-17(19,9-12)15-14-7-5-4-6-13(14)10-18-15/h4-7,12,15,18-19H,8-11H2,1-3H3. The van der Waals surface area contributed by atoms with Gasteiger partial charge in [-0.15, -0.1) is 0 Å². The Morgan fingerprint density at radius 3 is 2.68 bits per heavy atom. The Labute approximate surface area is 116 Å². The summed E-state index contributed by atoms with van der Waals surface area (Å²) in [5.41, 5.74) is 2.27. The molecule has 0 aromatic heterocycles. The van der Waals surface area contributed by atoms with Crippen LogP contribution < -0.4 is 5.32 Å². The quantitative estimate of drug-likeness (QED) is 0.810. The predicted molar refractivity (Wildman–Crippen MR) is 77.8 cm³/mol. The van der Waals surface area contributed by atoms with Crippen molar-refractivity contribution in [2.24, 2.45) is 11.3 Å². The fourth-order valence-electron chi connectivity index (χ4n) is 4.59. The molecule has 0 amide bonds. The van der Waals surface area contributed by atoms with E-state index in [2.05, 4.69) is 50.4 Å². The number of rotatable bonds is 1. The van der Waals surface area contributed by atoms with E-state index in [0.29, 0.717) is 5.92 Å². The number of benzene rings is 1. The van der Waals surface area contributed by atoms with Crippen LogP contribution in [-0.4, -0.2) is 10.7 Å². The Balaban J connectivity index is 1.93. The van der Waals surface area contributed by atoms with E-state index in [9.17, 15) is 5.11 Å². The largest absolute Gasteiger partial charge is 0.388 e. The third-order valence-electron chi connectivity index (χ3n) is 4.79. The molecule has 2 nitrogen and oxygen atoms in total. The molecule has 1 fully saturated rings. The monoisotopic (exact) mass is 259 g/mol. The summed E-state index contributed by atoms with van der Waals surface area (Å²) in [4.78, 5) is 0. The third kappa shape index (κ3) is 2.32. The first kappa shape index (κ1) is 13.1. The summed E-state index contributed by atoms with van der Waals surface area (Å²) in [5.74, 6) is 0.586. The summed E-state index contributed by atoms with van der Waals surface area (Å²) in [6, 6.07) is 8.61. The van der Waals surface area contributed by atoms with E-state index in [1.54, 1.807) is 0 Å². The molecule has 104 valence electrons. The zero-order valence-corrected chi connectivity index (χ0v) is 12.2. The molecular formula is C17H25NO. The molecule has 1 aromatic carbocycles. The Hall–Kier alpha value is -0.860. The van der Waals surface area contributed by atoms with Gasteiger partial charge < -0.3 is 10.4 Å². The molecule has 1 aliphatic carbocycles. The van der Waals surface area contributed by atoms with E-state index < -0.39 is 5.60 Å². The van der Waals surface area contributed by atoms with Crippen LogP contribution in [0, 0.1) is 11.3 Å². The van der Waals surface area contributed by atoms with Gasteiger partial charge in [-0.25, -0.2) is 0 Å². The highest BCUT2D eigenvalue weighted by Crippen LogP contribution is 2.50. The van der Waals surface area contributed by atoms with E-state index in [1.807, 2.05) is 0 Å². The van der Waals surface area contributed by atoms with E-state index >= 15 is 0 Å². The fraction of sp³-hybridized carbons (Fsp3) is 0.647. The van der Waals surface area contributed by atoms with Gasteiger partial charge in [-0.2, -0.15) is 0 Å². The maximum Gasteiger partial charge on any atom is 0.0849 e. The minimum atomic E-state index is -0.603. The van der Waals surface area contributed by atoms with Crippen LogP contribution in [0.25, 0.3) is 0 Å². The molecule has 0 saturated heterocycles. The van der Waals surface area contributed by atoms with Crippen LogP contribution >= 0.6 is 0 Å². The maximum absolute atomic E-state index is 11.3. The van der Waals surface area contributed by atoms with Crippen molar-refractivity contribution in [3.05, 3.63) is 35.4 Å². The smallest absolute Gasteiger partial charge is 0.0849 e. The van der Waals surface area contributed by atoms with Crippen molar-refractivity contribution in [2.75, 3.05) is 0 Å². The van der Waals surface area contributed by atoms with Crippen molar-refractivity contribution >= 4 is 0 Å². The molecule has 3 unspecified atom stereocenters. The summed E-state index contributed by atoms with van der Waals surface area (Å²) in [6.45, 7) is 7.73. The van der Waals surface area contributed by atoms with Crippen molar-refractivity contribution in [3.63, 3.8) is 0 Å². The molecule has 1 aromatic rings. The summed E-state index contributed by atoms with van der Waals surface area (Å²) < 4.78 is 0. The molecule has 2 aliphatic rings. The summed E-state index contributed by atoms with van der Waals surface area (Å²) in [6.07, 6.45) is 3.00. The van der Waals surface area contributed by atoms with Crippen molar-refractivity contribution in [2.45, 2.75) is 58.2 Å². The number of hydrogen-bond donors (Lipinski definition) is 2. The fourth-order valence-corrected chi connectivity index (χ4v) is 4.59. The number of aliphatic hydroxyl groups is 1. The van der Waals surface area contributed by atoms with Gasteiger partial charge in [-0.3, -0.25) is 0 Å². The minimum Gasteiger partial charge on any atom is -0.388 e. The molecule has 0 bridgehead atoms. The van der Waals surface area contributed by atoms with Gasteiger partial charge in [0, 0.05) is 6.54 Å². The van der Waals surface area contributed by atoms with Gasteiger partial charge >= 0.3 is 0 Å². The molecule has 0 spiro atoms. The van der Waals surface area contributed by atoms with Gasteiger partial charge in [0.25, 0.3) is 0 Å². The van der Waals surface area contributed by atoms with Crippen LogP contribution in [0.2, 0.25) is 0 Å². The lowest BCUT2D eigenvalue weighted by atomic mass is 9.63. The molecular weight excluding hydrogens is 234 g/mol. The van der Waals surface area contributed by atoms with E-state index in [4.69, 9.17) is 0 Å². The lowest BCUT2D eigenvalue weighted by molar-refractivity contribution is -0.0826. The highest BCUT2D eigenvalue weighted by atomic mass is 16.3. The molecule has 0 radical (unpaired) electrons. The van der Waals surface area contributed by atoms with Gasteiger partial charge in [-0.05, 0) is 41.7 Å². The van der Waals surface area contributed by atoms with Gasteiger partial charge in [0.2, 0.25) is 0 Å². The van der Waals surface area contributed by atoms with Crippen molar-refractivity contribution in [3.8, 4) is 0 Å². The highest BCUT2D eigenvalue weighted by Gasteiger charge is 2.48. The Morgan fingerprint density at radius 2 is 1.95 bits per heavy atom. The van der Waals surface area contributed by atoms with Gasteiger partial charge in [0.05, 0.1) is 11.6 Å². The second kappa shape index (κ2) is 4.32. The lowest BCUT2D eigenvalue weighted by Crippen LogP contribution is -2.49. The van der Waals surface area contributed by atoms with Gasteiger partial charge in [0.1, 0.15) is 0 Å². The zero-order valence-electron chi connectivity index (χ0n) is 12.2. The highest BCUT2D eigenvalue weighted by molar-refractivity contribution is 5.36. The molecule has 2 heteroatoms. The second-order valence-electron chi connectivity index (χ2n) is 7.47. The topological polar surface area (TPSA) is 32.3 Å². The normalized spacial score (nSPS) is 37.1. The van der Waals surface area contributed by atoms with Crippen LogP contribution in [0.5, 0.6) is 0 Å².